The number of aromatic amines is 1. The quantitative estimate of drug-likeness (QED) is 0.768. The second-order valence-electron chi connectivity index (χ2n) is 4.83. The van der Waals surface area contributed by atoms with Crippen molar-refractivity contribution in [3.05, 3.63) is 64.3 Å². The number of hydrogen-bond acceptors (Lipinski definition) is 2. The molecule has 0 atom stereocenters. The van der Waals surface area contributed by atoms with Gasteiger partial charge in [-0.1, -0.05) is 12.1 Å². The molecule has 3 heteroatoms. The fourth-order valence-corrected chi connectivity index (χ4v) is 2.37. The third kappa shape index (κ3) is 2.18. The maximum absolute atomic E-state index is 12.2. The molecule has 0 fully saturated rings. The van der Waals surface area contributed by atoms with Gasteiger partial charge in [-0.2, -0.15) is 0 Å². The highest BCUT2D eigenvalue weighted by atomic mass is 16.5. The number of para-hydroxylation sites is 1. The Labute approximate surface area is 118 Å². The van der Waals surface area contributed by atoms with Crippen LogP contribution in [0, 0.1) is 6.92 Å². The molecule has 0 spiro atoms. The number of rotatable bonds is 2. The SMILES string of the molecule is COc1cc(C)cc(-c2cc(=O)c3ccccc3[nH]2)c1.[HH]. The first-order chi connectivity index (χ1) is 9.67. The summed E-state index contributed by atoms with van der Waals surface area (Å²) in [5.41, 5.74) is 3.71. The summed E-state index contributed by atoms with van der Waals surface area (Å²) in [7, 11) is 1.64. The number of aryl methyl sites for hydroxylation is 1. The highest BCUT2D eigenvalue weighted by molar-refractivity contribution is 5.81. The number of benzene rings is 2. The standard InChI is InChI=1S/C17H15NO2.H2/c1-11-7-12(9-13(8-11)20-2)16-10-17(19)14-5-3-4-6-15(14)18-16;/h3-10H,1-2H3,(H,18,19);1H. The molecule has 1 aromatic heterocycles. The van der Waals surface area contributed by atoms with E-state index < -0.39 is 0 Å². The van der Waals surface area contributed by atoms with Gasteiger partial charge in [-0.25, -0.2) is 0 Å². The van der Waals surface area contributed by atoms with Crippen LogP contribution in [-0.4, -0.2) is 12.1 Å². The van der Waals surface area contributed by atoms with Crippen molar-refractivity contribution in [3.63, 3.8) is 0 Å². The van der Waals surface area contributed by atoms with E-state index in [4.69, 9.17) is 4.74 Å². The number of H-pyrrole nitrogens is 1. The molecule has 0 radical (unpaired) electrons. The van der Waals surface area contributed by atoms with E-state index >= 15 is 0 Å². The Kier molecular flexibility index (Phi) is 3.03. The van der Waals surface area contributed by atoms with E-state index in [1.165, 1.54) is 0 Å². The average molecular weight is 267 g/mol. The lowest BCUT2D eigenvalue weighted by atomic mass is 10.1. The van der Waals surface area contributed by atoms with E-state index in [1.54, 1.807) is 13.2 Å². The molecular weight excluding hydrogens is 250 g/mol. The fourth-order valence-electron chi connectivity index (χ4n) is 2.37. The monoisotopic (exact) mass is 267 g/mol. The van der Waals surface area contributed by atoms with Gasteiger partial charge in [0.25, 0.3) is 0 Å². The molecule has 0 bridgehead atoms. The van der Waals surface area contributed by atoms with Gasteiger partial charge in [0.2, 0.25) is 0 Å². The Morgan fingerprint density at radius 3 is 2.70 bits per heavy atom. The Hall–Kier alpha value is -2.55. The third-order valence-electron chi connectivity index (χ3n) is 3.33. The number of nitrogens with one attached hydrogen (secondary N) is 1. The second kappa shape index (κ2) is 4.85. The van der Waals surface area contributed by atoms with Gasteiger partial charge in [0.1, 0.15) is 5.75 Å². The van der Waals surface area contributed by atoms with Crippen LogP contribution in [0.1, 0.15) is 6.99 Å². The highest BCUT2D eigenvalue weighted by Gasteiger charge is 2.06. The zero-order chi connectivity index (χ0) is 14.1. The first-order valence-corrected chi connectivity index (χ1v) is 6.45. The van der Waals surface area contributed by atoms with Crippen LogP contribution in [0.3, 0.4) is 0 Å². The number of aromatic nitrogens is 1. The van der Waals surface area contributed by atoms with E-state index in [0.717, 1.165) is 28.1 Å². The molecule has 1 heterocycles. The topological polar surface area (TPSA) is 42.1 Å². The lowest BCUT2D eigenvalue weighted by Crippen LogP contribution is -2.02. The summed E-state index contributed by atoms with van der Waals surface area (Å²) >= 11 is 0. The van der Waals surface area contributed by atoms with Gasteiger partial charge in [-0.05, 0) is 42.8 Å². The maximum Gasteiger partial charge on any atom is 0.190 e. The minimum Gasteiger partial charge on any atom is -0.497 e. The summed E-state index contributed by atoms with van der Waals surface area (Å²) in [6, 6.07) is 15.1. The summed E-state index contributed by atoms with van der Waals surface area (Å²) in [6.45, 7) is 2.01. The maximum atomic E-state index is 12.2. The molecule has 102 valence electrons. The minimum absolute atomic E-state index is 0. The predicted octanol–water partition coefficient (Wildman–Crippen LogP) is 3.76. The van der Waals surface area contributed by atoms with E-state index in [-0.39, 0.29) is 6.86 Å². The Morgan fingerprint density at radius 1 is 1.10 bits per heavy atom. The van der Waals surface area contributed by atoms with Gasteiger partial charge >= 0.3 is 0 Å². The molecular formula is C17H17NO2. The van der Waals surface area contributed by atoms with Crippen LogP contribution in [0.2, 0.25) is 0 Å². The van der Waals surface area contributed by atoms with Gasteiger partial charge in [0.15, 0.2) is 5.43 Å². The summed E-state index contributed by atoms with van der Waals surface area (Å²) in [4.78, 5) is 15.5. The molecule has 2 aromatic carbocycles. The van der Waals surface area contributed by atoms with Crippen LogP contribution in [0.15, 0.2) is 53.3 Å². The average Bonchev–Trinajstić information content (AvgIpc) is 2.46. The smallest absolute Gasteiger partial charge is 0.190 e. The fraction of sp³-hybridized carbons (Fsp3) is 0.118. The molecule has 3 rings (SSSR count). The number of hydrogen-bond donors (Lipinski definition) is 1. The van der Waals surface area contributed by atoms with Gasteiger partial charge in [0, 0.05) is 29.7 Å². The zero-order valence-electron chi connectivity index (χ0n) is 11.4. The largest absolute Gasteiger partial charge is 0.497 e. The van der Waals surface area contributed by atoms with Crippen LogP contribution in [0.25, 0.3) is 22.2 Å². The first kappa shape index (κ1) is 12.5. The Bertz CT molecular complexity index is 840. The molecule has 20 heavy (non-hydrogen) atoms. The van der Waals surface area contributed by atoms with Crippen molar-refractivity contribution >= 4 is 10.9 Å². The minimum atomic E-state index is 0. The van der Waals surface area contributed by atoms with Gasteiger partial charge in [-0.15, -0.1) is 0 Å². The predicted molar refractivity (Wildman–Crippen MR) is 83.4 cm³/mol. The van der Waals surface area contributed by atoms with E-state index in [0.29, 0.717) is 5.39 Å². The van der Waals surface area contributed by atoms with Crippen LogP contribution >= 0.6 is 0 Å². The number of pyridine rings is 1. The van der Waals surface area contributed by atoms with Crippen LogP contribution in [0.4, 0.5) is 0 Å². The first-order valence-electron chi connectivity index (χ1n) is 6.45. The third-order valence-corrected chi connectivity index (χ3v) is 3.33. The molecule has 3 aromatic rings. The Morgan fingerprint density at radius 2 is 1.90 bits per heavy atom. The summed E-state index contributed by atoms with van der Waals surface area (Å²) in [5.74, 6) is 0.786. The number of fused-ring (bicyclic) bond motifs is 1. The highest BCUT2D eigenvalue weighted by Crippen LogP contribution is 2.24. The van der Waals surface area contributed by atoms with Crippen LogP contribution in [0.5, 0.6) is 5.75 Å². The van der Waals surface area contributed by atoms with Crippen molar-refractivity contribution in [3.8, 4) is 17.0 Å². The molecule has 0 aliphatic rings. The van der Waals surface area contributed by atoms with Crippen LogP contribution in [-0.2, 0) is 0 Å². The molecule has 0 unspecified atom stereocenters. The summed E-state index contributed by atoms with van der Waals surface area (Å²) in [6.07, 6.45) is 0. The molecule has 3 nitrogen and oxygen atoms in total. The van der Waals surface area contributed by atoms with Crippen molar-refractivity contribution in [2.24, 2.45) is 0 Å². The van der Waals surface area contributed by atoms with Crippen LogP contribution < -0.4 is 10.2 Å². The summed E-state index contributed by atoms with van der Waals surface area (Å²) in [5, 5.41) is 0.705. The molecule has 0 amide bonds. The normalized spacial score (nSPS) is 10.7. The molecule has 1 N–H and O–H groups in total. The molecule has 0 aliphatic carbocycles. The number of methoxy groups -OCH3 is 1. The summed E-state index contributed by atoms with van der Waals surface area (Å²) < 4.78 is 5.28. The van der Waals surface area contributed by atoms with Gasteiger partial charge in [-0.3, -0.25) is 4.79 Å². The lowest BCUT2D eigenvalue weighted by Gasteiger charge is -2.08. The van der Waals surface area contributed by atoms with Crippen molar-refractivity contribution in [2.45, 2.75) is 6.92 Å². The van der Waals surface area contributed by atoms with Crippen molar-refractivity contribution < 1.29 is 6.16 Å². The van der Waals surface area contributed by atoms with E-state index in [1.807, 2.05) is 49.4 Å². The zero-order valence-corrected chi connectivity index (χ0v) is 11.4. The van der Waals surface area contributed by atoms with Gasteiger partial charge in [0.05, 0.1) is 7.11 Å². The molecule has 0 aliphatic heterocycles. The molecule has 0 saturated heterocycles. The van der Waals surface area contributed by atoms with Crippen molar-refractivity contribution in [1.29, 1.82) is 0 Å². The molecule has 0 saturated carbocycles. The second-order valence-corrected chi connectivity index (χ2v) is 4.83. The Balaban J connectivity index is 0.00000161. The van der Waals surface area contributed by atoms with Crippen molar-refractivity contribution in [1.82, 2.24) is 4.98 Å². The van der Waals surface area contributed by atoms with Crippen molar-refractivity contribution in [2.75, 3.05) is 7.11 Å². The van der Waals surface area contributed by atoms with E-state index in [9.17, 15) is 4.79 Å². The number of ether oxygens (including phenoxy) is 1. The van der Waals surface area contributed by atoms with Gasteiger partial charge < -0.3 is 9.72 Å². The van der Waals surface area contributed by atoms with E-state index in [2.05, 4.69) is 4.98 Å². The lowest BCUT2D eigenvalue weighted by molar-refractivity contribution is 0.414.